The van der Waals surface area contributed by atoms with Crippen LogP contribution in [0.15, 0.2) is 18.2 Å². The highest BCUT2D eigenvalue weighted by molar-refractivity contribution is 7.53. The van der Waals surface area contributed by atoms with Gasteiger partial charge in [-0.25, -0.2) is 4.79 Å². The predicted octanol–water partition coefficient (Wildman–Crippen LogP) is 4.45. The Bertz CT molecular complexity index is 601. The molecule has 0 fully saturated rings. The minimum Gasteiger partial charge on any atom is -0.544 e. The summed E-state index contributed by atoms with van der Waals surface area (Å²) in [5.74, 6) is -0.0225. The molecule has 6 nitrogen and oxygen atoms in total. The summed E-state index contributed by atoms with van der Waals surface area (Å²) in [4.78, 5) is 11.9. The number of carbonyl (C=O) groups excluding carboxylic acids is 1. The Morgan fingerprint density at radius 3 is 2.17 bits per heavy atom. The summed E-state index contributed by atoms with van der Waals surface area (Å²) in [6, 6.07) is 5.06. The van der Waals surface area contributed by atoms with Gasteiger partial charge in [0.2, 0.25) is 8.32 Å². The molecular formula is C16H27O6PSi. The molecule has 0 aliphatic carbocycles. The molecule has 0 aliphatic heterocycles. The largest absolute Gasteiger partial charge is 0.544 e. The SMILES string of the molecule is CCOP(=O)(Cc1ccc(C(=O)OC)c(O[Si](C)(C)C)c1)OCC. The van der Waals surface area contributed by atoms with Crippen LogP contribution in [0.5, 0.6) is 5.75 Å². The van der Waals surface area contributed by atoms with E-state index in [0.29, 0.717) is 24.5 Å². The molecule has 24 heavy (non-hydrogen) atoms. The number of methoxy groups -OCH3 is 1. The standard InChI is InChI=1S/C16H27O6PSi/c1-7-20-23(18,21-8-2)12-13-9-10-14(16(17)19-3)15(11-13)22-24(4,5)6/h9-11H,7-8,12H2,1-6H3. The summed E-state index contributed by atoms with van der Waals surface area (Å²) in [6.45, 7) is 10.2. The van der Waals surface area contributed by atoms with Crippen molar-refractivity contribution in [2.75, 3.05) is 20.3 Å². The Morgan fingerprint density at radius 1 is 1.12 bits per heavy atom. The van der Waals surface area contributed by atoms with Crippen LogP contribution in [0.25, 0.3) is 0 Å². The zero-order chi connectivity index (χ0) is 18.4. The smallest absolute Gasteiger partial charge is 0.341 e. The van der Waals surface area contributed by atoms with Gasteiger partial charge in [0.25, 0.3) is 0 Å². The van der Waals surface area contributed by atoms with Gasteiger partial charge in [0.05, 0.1) is 26.5 Å². The lowest BCUT2D eigenvalue weighted by atomic mass is 10.1. The van der Waals surface area contributed by atoms with Crippen LogP contribution >= 0.6 is 7.60 Å². The normalized spacial score (nSPS) is 12.1. The topological polar surface area (TPSA) is 71.1 Å². The molecule has 0 atom stereocenters. The fourth-order valence-electron chi connectivity index (χ4n) is 2.10. The summed E-state index contributed by atoms with van der Waals surface area (Å²) in [6.07, 6.45) is 0.123. The van der Waals surface area contributed by atoms with Crippen LogP contribution < -0.4 is 4.43 Å². The van der Waals surface area contributed by atoms with E-state index in [-0.39, 0.29) is 6.16 Å². The third-order valence-corrected chi connectivity index (χ3v) is 5.78. The Hall–Kier alpha value is -1.14. The lowest BCUT2D eigenvalue weighted by molar-refractivity contribution is 0.0598. The van der Waals surface area contributed by atoms with Gasteiger partial charge in [-0.15, -0.1) is 0 Å². The second-order valence-corrected chi connectivity index (χ2v) is 12.6. The third-order valence-electron chi connectivity index (χ3n) is 2.90. The molecule has 1 rings (SSSR count). The van der Waals surface area contributed by atoms with E-state index < -0.39 is 21.9 Å². The van der Waals surface area contributed by atoms with Crippen LogP contribution in [0.3, 0.4) is 0 Å². The van der Waals surface area contributed by atoms with Gasteiger partial charge in [-0.1, -0.05) is 6.07 Å². The average Bonchev–Trinajstić information content (AvgIpc) is 2.45. The van der Waals surface area contributed by atoms with Crippen molar-refractivity contribution in [2.45, 2.75) is 39.7 Å². The molecule has 0 saturated carbocycles. The molecule has 0 radical (unpaired) electrons. The first kappa shape index (κ1) is 20.9. The fraction of sp³-hybridized carbons (Fsp3) is 0.562. The van der Waals surface area contributed by atoms with Crippen molar-refractivity contribution >= 4 is 21.9 Å². The van der Waals surface area contributed by atoms with E-state index in [1.165, 1.54) is 7.11 Å². The van der Waals surface area contributed by atoms with Crippen molar-refractivity contribution in [3.05, 3.63) is 29.3 Å². The third kappa shape index (κ3) is 6.40. The van der Waals surface area contributed by atoms with E-state index in [1.54, 1.807) is 32.0 Å². The first-order valence-corrected chi connectivity index (χ1v) is 13.1. The average molecular weight is 374 g/mol. The van der Waals surface area contributed by atoms with Crippen LogP contribution in [0.2, 0.25) is 19.6 Å². The first-order valence-electron chi connectivity index (χ1n) is 7.92. The zero-order valence-electron chi connectivity index (χ0n) is 15.3. The molecule has 8 heteroatoms. The van der Waals surface area contributed by atoms with E-state index >= 15 is 0 Å². The second-order valence-electron chi connectivity index (χ2n) is 6.14. The number of carbonyl (C=O) groups is 1. The lowest BCUT2D eigenvalue weighted by Gasteiger charge is -2.22. The lowest BCUT2D eigenvalue weighted by Crippen LogP contribution is -2.30. The van der Waals surface area contributed by atoms with E-state index in [9.17, 15) is 9.36 Å². The number of esters is 1. The molecular weight excluding hydrogens is 347 g/mol. The van der Waals surface area contributed by atoms with E-state index in [1.807, 2.05) is 19.6 Å². The number of rotatable bonds is 9. The van der Waals surface area contributed by atoms with Crippen molar-refractivity contribution < 1.29 is 27.6 Å². The maximum absolute atomic E-state index is 12.7. The van der Waals surface area contributed by atoms with Crippen LogP contribution in [0, 0.1) is 0 Å². The molecule has 1 aromatic rings. The molecule has 0 aromatic heterocycles. The fourth-order valence-corrected chi connectivity index (χ4v) is 4.62. The molecule has 136 valence electrons. The van der Waals surface area contributed by atoms with E-state index in [4.69, 9.17) is 18.2 Å². The zero-order valence-corrected chi connectivity index (χ0v) is 17.1. The maximum atomic E-state index is 12.7. The van der Waals surface area contributed by atoms with Crippen LogP contribution in [0.1, 0.15) is 29.8 Å². The summed E-state index contributed by atoms with van der Waals surface area (Å²) < 4.78 is 34.1. The highest BCUT2D eigenvalue weighted by Crippen LogP contribution is 2.51. The Morgan fingerprint density at radius 2 is 1.71 bits per heavy atom. The van der Waals surface area contributed by atoms with Crippen molar-refractivity contribution in [3.8, 4) is 5.75 Å². The van der Waals surface area contributed by atoms with Gasteiger partial charge in [0.15, 0.2) is 0 Å². The summed E-state index contributed by atoms with van der Waals surface area (Å²) >= 11 is 0. The highest BCUT2D eigenvalue weighted by atomic mass is 31.2. The van der Waals surface area contributed by atoms with Gasteiger partial charge < -0.3 is 18.2 Å². The van der Waals surface area contributed by atoms with Gasteiger partial charge in [-0.05, 0) is 51.2 Å². The molecule has 1 aromatic carbocycles. The molecule has 0 saturated heterocycles. The number of ether oxygens (including phenoxy) is 1. The predicted molar refractivity (Wildman–Crippen MR) is 96.3 cm³/mol. The van der Waals surface area contributed by atoms with Crippen molar-refractivity contribution in [1.82, 2.24) is 0 Å². The summed E-state index contributed by atoms with van der Waals surface area (Å²) in [5.41, 5.74) is 1.08. The molecule has 0 heterocycles. The Labute approximate surface area is 145 Å². The van der Waals surface area contributed by atoms with Crippen LogP contribution in [0.4, 0.5) is 0 Å². The van der Waals surface area contributed by atoms with Gasteiger partial charge in [0.1, 0.15) is 11.3 Å². The van der Waals surface area contributed by atoms with Crippen molar-refractivity contribution in [3.63, 3.8) is 0 Å². The molecule has 0 bridgehead atoms. The molecule has 0 spiro atoms. The number of hydrogen-bond acceptors (Lipinski definition) is 6. The quantitative estimate of drug-likeness (QED) is 0.361. The number of hydrogen-bond donors (Lipinski definition) is 0. The minimum atomic E-state index is -3.22. The van der Waals surface area contributed by atoms with Gasteiger partial charge in [0, 0.05) is 0 Å². The molecule has 0 aliphatic rings. The summed E-state index contributed by atoms with van der Waals surface area (Å²) in [5, 5.41) is 0. The first-order chi connectivity index (χ1) is 11.1. The Kier molecular flexibility index (Phi) is 7.67. The molecule has 0 amide bonds. The summed E-state index contributed by atoms with van der Waals surface area (Å²) in [7, 11) is -3.83. The molecule has 0 unspecified atom stereocenters. The van der Waals surface area contributed by atoms with Crippen LogP contribution in [-0.4, -0.2) is 34.6 Å². The highest BCUT2D eigenvalue weighted by Gasteiger charge is 2.26. The maximum Gasteiger partial charge on any atom is 0.341 e. The number of benzene rings is 1. The van der Waals surface area contributed by atoms with Gasteiger partial charge in [-0.3, -0.25) is 4.57 Å². The monoisotopic (exact) mass is 374 g/mol. The van der Waals surface area contributed by atoms with Crippen molar-refractivity contribution in [2.24, 2.45) is 0 Å². The molecule has 0 N–H and O–H groups in total. The Balaban J connectivity index is 3.19. The second kappa shape index (κ2) is 8.81. The van der Waals surface area contributed by atoms with Gasteiger partial charge in [-0.2, -0.15) is 0 Å². The van der Waals surface area contributed by atoms with E-state index in [0.717, 1.165) is 5.56 Å². The minimum absolute atomic E-state index is 0.123. The van der Waals surface area contributed by atoms with Gasteiger partial charge >= 0.3 is 13.6 Å². The van der Waals surface area contributed by atoms with Crippen LogP contribution in [-0.2, 0) is 24.5 Å². The van der Waals surface area contributed by atoms with Crippen molar-refractivity contribution in [1.29, 1.82) is 0 Å². The van der Waals surface area contributed by atoms with E-state index in [2.05, 4.69) is 0 Å².